The first-order valence-electron chi connectivity index (χ1n) is 11.8. The van der Waals surface area contributed by atoms with E-state index in [1.54, 1.807) is 22.7 Å². The summed E-state index contributed by atoms with van der Waals surface area (Å²) in [4.78, 5) is 0. The van der Waals surface area contributed by atoms with E-state index in [9.17, 15) is 0 Å². The van der Waals surface area contributed by atoms with Gasteiger partial charge in [0.15, 0.2) is 0 Å². The number of ether oxygens (including phenoxy) is 1. The second-order valence-electron chi connectivity index (χ2n) is 13.5. The normalized spacial score (nSPS) is 16.8. The van der Waals surface area contributed by atoms with Gasteiger partial charge in [-0.2, -0.15) is 0 Å². The van der Waals surface area contributed by atoms with Crippen LogP contribution < -0.4 is 9.13 Å². The van der Waals surface area contributed by atoms with Gasteiger partial charge in [-0.1, -0.05) is 33.9 Å². The molecule has 31 heavy (non-hydrogen) atoms. The van der Waals surface area contributed by atoms with Gasteiger partial charge in [0.1, 0.15) is 0 Å². The largest absolute Gasteiger partial charge is 0.0709 e. The number of methoxy groups -OCH3 is 1. The minimum absolute atomic E-state index is 0.0502. The van der Waals surface area contributed by atoms with Crippen molar-refractivity contribution >= 4 is 28.6 Å². The molecule has 2 radical (unpaired) electrons. The standard InChI is InChI=1S/C22H35GeO.C6H15Si/c1-19(2,3)17-18(20(4,5)6)22(17,21(7,8)9)23-15-11-13-16(24-10)14-12-15;1-6(2,3)7(4)5/h11-14,23H,1-10H3;1-5H3. The van der Waals surface area contributed by atoms with Gasteiger partial charge in [-0.15, -0.1) is 0 Å². The van der Waals surface area contributed by atoms with E-state index in [0.717, 1.165) is 5.75 Å². The van der Waals surface area contributed by atoms with E-state index in [2.05, 4.69) is 120 Å². The van der Waals surface area contributed by atoms with E-state index in [4.69, 9.17) is 4.74 Å². The van der Waals surface area contributed by atoms with Crippen molar-refractivity contribution in [2.45, 2.75) is 105 Å². The molecule has 0 N–H and O–H groups in total. The Labute approximate surface area is 202 Å². The van der Waals surface area contributed by atoms with E-state index in [1.807, 2.05) is 0 Å². The molecule has 0 fully saturated rings. The van der Waals surface area contributed by atoms with E-state index in [-0.39, 0.29) is 25.0 Å². The Hall–Kier alpha value is -0.480. The van der Waals surface area contributed by atoms with Crippen LogP contribution in [0.1, 0.15) is 83.1 Å². The molecule has 0 atom stereocenters. The summed E-state index contributed by atoms with van der Waals surface area (Å²) >= 11 is -0.680. The van der Waals surface area contributed by atoms with Gasteiger partial charge in [0, 0.05) is 8.80 Å². The molecule has 176 valence electrons. The molecule has 0 unspecified atom stereocenters. The van der Waals surface area contributed by atoms with Gasteiger partial charge in [0.25, 0.3) is 0 Å². The molecule has 0 saturated heterocycles. The Morgan fingerprint density at radius 3 is 1.29 bits per heavy atom. The first-order chi connectivity index (χ1) is 13.7. The average molecular weight is 503 g/mol. The van der Waals surface area contributed by atoms with Crippen LogP contribution in [0.25, 0.3) is 0 Å². The van der Waals surface area contributed by atoms with Crippen LogP contribution in [-0.4, -0.2) is 31.3 Å². The minimum atomic E-state index is -0.680. The van der Waals surface area contributed by atoms with Gasteiger partial charge >= 0.3 is 156 Å². The van der Waals surface area contributed by atoms with Gasteiger partial charge in [0.05, 0.1) is 0 Å². The summed E-state index contributed by atoms with van der Waals surface area (Å²) < 4.78 is 7.23. The zero-order valence-electron chi connectivity index (χ0n) is 23.3. The van der Waals surface area contributed by atoms with Gasteiger partial charge in [0.2, 0.25) is 0 Å². The third kappa shape index (κ3) is 6.76. The molecule has 0 aliphatic heterocycles. The Morgan fingerprint density at radius 1 is 0.710 bits per heavy atom. The van der Waals surface area contributed by atoms with Crippen molar-refractivity contribution in [3.8, 4) is 5.75 Å². The molecule has 0 heterocycles. The first-order valence-corrected chi connectivity index (χ1v) is 16.7. The van der Waals surface area contributed by atoms with Crippen LogP contribution in [0.4, 0.5) is 0 Å². The molecule has 0 saturated carbocycles. The van der Waals surface area contributed by atoms with Crippen LogP contribution in [0.15, 0.2) is 35.4 Å². The summed E-state index contributed by atoms with van der Waals surface area (Å²) in [6.07, 6.45) is 0. The molecule has 1 aromatic rings. The van der Waals surface area contributed by atoms with Crippen LogP contribution >= 0.6 is 0 Å². The van der Waals surface area contributed by atoms with Crippen molar-refractivity contribution in [1.82, 2.24) is 0 Å². The molecule has 1 aromatic carbocycles. The third-order valence-electron chi connectivity index (χ3n) is 6.66. The predicted octanol–water partition coefficient (Wildman–Crippen LogP) is 7.91. The smallest absolute Gasteiger partial charge is 0.0470 e. The third-order valence-corrected chi connectivity index (χ3v) is 15.1. The van der Waals surface area contributed by atoms with Crippen molar-refractivity contribution in [2.75, 3.05) is 7.11 Å². The van der Waals surface area contributed by atoms with Gasteiger partial charge < -0.3 is 0 Å². The van der Waals surface area contributed by atoms with E-state index in [1.165, 1.54) is 0 Å². The molecule has 0 spiro atoms. The fourth-order valence-corrected chi connectivity index (χ4v) is 9.93. The van der Waals surface area contributed by atoms with Crippen molar-refractivity contribution < 1.29 is 4.74 Å². The molecule has 1 nitrogen and oxygen atoms in total. The Morgan fingerprint density at radius 2 is 1.06 bits per heavy atom. The van der Waals surface area contributed by atoms with E-state index in [0.29, 0.717) is 9.29 Å². The maximum absolute atomic E-state index is 5.34. The van der Waals surface area contributed by atoms with Gasteiger partial charge in [-0.05, 0) is 5.04 Å². The number of rotatable bonds is 3. The van der Waals surface area contributed by atoms with Crippen molar-refractivity contribution in [3.05, 3.63) is 35.4 Å². The maximum Gasteiger partial charge on any atom is 0.0470 e. The molecule has 3 heteroatoms. The summed E-state index contributed by atoms with van der Waals surface area (Å²) in [5, 5.41) is 0.602. The Balaban J connectivity index is 0.000000592. The summed E-state index contributed by atoms with van der Waals surface area (Å²) in [5.74, 6) is 0.955. The molecular weight excluding hydrogens is 453 g/mol. The molecule has 0 amide bonds. The molecule has 0 aromatic heterocycles. The molecule has 1 aliphatic carbocycles. The summed E-state index contributed by atoms with van der Waals surface area (Å²) in [6.45, 7) is 33.3. The first kappa shape index (κ1) is 28.6. The minimum Gasteiger partial charge on any atom is -0.0709 e. The van der Waals surface area contributed by atoms with Crippen molar-refractivity contribution in [1.29, 1.82) is 0 Å². The SMILES string of the molecule is COc1cc[c]([GeH][C]2(C(C)(C)C)C(C(C)(C)C)=C2C(C)(C)C)cc1.C[Si](C)C(C)(C)C. The van der Waals surface area contributed by atoms with Crippen molar-refractivity contribution in [3.63, 3.8) is 0 Å². The van der Waals surface area contributed by atoms with E-state index >= 15 is 0 Å². The topological polar surface area (TPSA) is 9.23 Å². The molecular formula is C28H50GeOSi. The number of hydrogen-bond donors (Lipinski definition) is 0. The molecule has 2 rings (SSSR count). The van der Waals surface area contributed by atoms with Crippen LogP contribution in [0.3, 0.4) is 0 Å². The summed E-state index contributed by atoms with van der Waals surface area (Å²) in [5.41, 5.74) is 4.26. The second-order valence-corrected chi connectivity index (χ2v) is 20.8. The summed E-state index contributed by atoms with van der Waals surface area (Å²) in [6, 6.07) is 8.84. The van der Waals surface area contributed by atoms with Gasteiger partial charge in [-0.25, -0.2) is 0 Å². The second kappa shape index (κ2) is 9.41. The number of benzene rings is 1. The fraction of sp³-hybridized carbons (Fsp3) is 0.714. The Bertz CT molecular complexity index is 736. The van der Waals surface area contributed by atoms with Crippen LogP contribution in [0.5, 0.6) is 5.75 Å². The van der Waals surface area contributed by atoms with Crippen molar-refractivity contribution in [2.24, 2.45) is 16.2 Å². The van der Waals surface area contributed by atoms with Crippen LogP contribution in [0.2, 0.25) is 22.4 Å². The average Bonchev–Trinajstić information content (AvgIpc) is 3.26. The predicted molar refractivity (Wildman–Crippen MR) is 145 cm³/mol. The molecule has 1 aliphatic rings. The summed E-state index contributed by atoms with van der Waals surface area (Å²) in [7, 11) is 1.69. The number of hydrogen-bond acceptors (Lipinski definition) is 1. The monoisotopic (exact) mass is 504 g/mol. The zero-order valence-corrected chi connectivity index (χ0v) is 26.7. The quantitative estimate of drug-likeness (QED) is 0.301. The maximum atomic E-state index is 5.34. The number of allylic oxidation sites excluding steroid dienone is 2. The Kier molecular flexibility index (Phi) is 8.66. The zero-order chi connectivity index (χ0) is 24.6. The molecule has 0 bridgehead atoms. The van der Waals surface area contributed by atoms with E-state index < -0.39 is 15.4 Å². The van der Waals surface area contributed by atoms with Gasteiger partial charge in [-0.3, -0.25) is 0 Å². The van der Waals surface area contributed by atoms with Crippen LogP contribution in [0, 0.1) is 16.2 Å². The fourth-order valence-electron chi connectivity index (χ4n) is 4.29. The van der Waals surface area contributed by atoms with Crippen LogP contribution in [-0.2, 0) is 0 Å².